The first-order chi connectivity index (χ1) is 22.5. The van der Waals surface area contributed by atoms with Crippen LogP contribution >= 0.6 is 0 Å². The predicted molar refractivity (Wildman–Crippen MR) is 174 cm³/mol. The lowest BCUT2D eigenvalue weighted by Crippen LogP contribution is -2.53. The van der Waals surface area contributed by atoms with E-state index in [1.54, 1.807) is 9.80 Å². The molecule has 18 nitrogen and oxygen atoms in total. The summed E-state index contributed by atoms with van der Waals surface area (Å²) in [5, 5.41) is 90.6. The van der Waals surface area contributed by atoms with Gasteiger partial charge in [-0.1, -0.05) is 6.42 Å². The zero-order chi connectivity index (χ0) is 38.3. The van der Waals surface area contributed by atoms with Crippen LogP contribution in [0.3, 0.4) is 0 Å². The van der Waals surface area contributed by atoms with Crippen molar-refractivity contribution in [1.82, 2.24) is 9.80 Å². The molecule has 2 aliphatic rings. The van der Waals surface area contributed by atoms with E-state index in [-0.39, 0.29) is 24.9 Å². The maximum atomic E-state index is 11.8. The third kappa shape index (κ3) is 18.0. The van der Waals surface area contributed by atoms with Crippen LogP contribution in [0.4, 0.5) is 9.59 Å². The van der Waals surface area contributed by atoms with Crippen molar-refractivity contribution in [2.75, 3.05) is 45.9 Å². The Labute approximate surface area is 287 Å². The smallest absolute Gasteiger partial charge is 0.410 e. The molecule has 0 aromatic rings. The van der Waals surface area contributed by atoms with E-state index in [1.165, 1.54) is 0 Å². The van der Waals surface area contributed by atoms with Crippen LogP contribution in [0.25, 0.3) is 0 Å². The van der Waals surface area contributed by atoms with Crippen LogP contribution in [0.15, 0.2) is 0 Å². The number of nitrogens with zero attached hydrogens (tertiary/aromatic N) is 2. The molecule has 0 unspecified atom stereocenters. The van der Waals surface area contributed by atoms with Crippen LogP contribution in [0.5, 0.6) is 0 Å². The van der Waals surface area contributed by atoms with Gasteiger partial charge >= 0.3 is 12.2 Å². The van der Waals surface area contributed by atoms with E-state index >= 15 is 0 Å². The first-order valence-corrected chi connectivity index (χ1v) is 16.3. The molecule has 0 aromatic carbocycles. The molecule has 0 aliphatic carbocycles. The molecule has 290 valence electrons. The standard InChI is InChI=1S/C16H31NO7.C9H18N2O2.C6H12O6/c1-16(2,3)24-15(23)17-7-10(8-17)5-4-6-11(19)13(21)14(22)12(20)9-18;1-9(2,3)13-8(12)11-5-7(4-10)6-11;7-1-3(9)5(11)6(12)4(10)2-8/h10-14,18-22H,4-9H2,1-3H3;7H,4-6,10H2,1-3H3;1,3-6,8-12H,2H2/t11-,12+,13+,14+;;3-,4+,5+,6+/m0.0/s1. The number of aliphatic hydroxyl groups is 10. The Morgan fingerprint density at radius 1 is 0.694 bits per heavy atom. The summed E-state index contributed by atoms with van der Waals surface area (Å²) in [7, 11) is 0. The number of ether oxygens (including phenoxy) is 2. The van der Waals surface area contributed by atoms with E-state index < -0.39 is 73.2 Å². The highest BCUT2D eigenvalue weighted by Gasteiger charge is 2.35. The molecule has 2 saturated heterocycles. The summed E-state index contributed by atoms with van der Waals surface area (Å²) >= 11 is 0. The minimum atomic E-state index is -1.79. The second kappa shape index (κ2) is 21.9. The third-order valence-corrected chi connectivity index (χ3v) is 7.41. The molecular formula is C31H61N3O15. The molecule has 0 saturated carbocycles. The SMILES string of the molecule is CC(C)(C)OC(=O)N1CC(CCC[C@H](O)[C@@H](O)[C@H](O)[C@H](O)CO)C1.CC(C)(C)OC(=O)N1CC(CN)C1.O=C[C@H](O)[C@@H](O)[C@H](O)[C@H](O)CO. The maximum absolute atomic E-state index is 11.8. The second-order valence-electron chi connectivity index (χ2n) is 14.3. The molecule has 2 rings (SSSR count). The number of carbonyl (C=O) groups is 3. The molecule has 2 amide bonds. The highest BCUT2D eigenvalue weighted by molar-refractivity contribution is 5.69. The van der Waals surface area contributed by atoms with Crippen LogP contribution in [0, 0.1) is 11.8 Å². The first-order valence-electron chi connectivity index (χ1n) is 16.3. The van der Waals surface area contributed by atoms with Crippen LogP contribution in [-0.2, 0) is 14.3 Å². The highest BCUT2D eigenvalue weighted by Crippen LogP contribution is 2.24. The van der Waals surface area contributed by atoms with E-state index in [4.69, 9.17) is 45.8 Å². The molecule has 0 bridgehead atoms. The van der Waals surface area contributed by atoms with Crippen molar-refractivity contribution in [3.05, 3.63) is 0 Å². The Balaban J connectivity index is 0.000000777. The number of amides is 2. The summed E-state index contributed by atoms with van der Waals surface area (Å²) in [6.07, 6.45) is -11.5. The summed E-state index contributed by atoms with van der Waals surface area (Å²) in [5.74, 6) is 0.794. The average Bonchev–Trinajstić information content (AvgIpc) is 2.97. The van der Waals surface area contributed by atoms with Crippen molar-refractivity contribution in [3.63, 3.8) is 0 Å². The van der Waals surface area contributed by atoms with E-state index in [9.17, 15) is 34.8 Å². The molecular weight excluding hydrogens is 654 g/mol. The van der Waals surface area contributed by atoms with Crippen LogP contribution < -0.4 is 5.73 Å². The van der Waals surface area contributed by atoms with E-state index in [2.05, 4.69) is 0 Å². The number of rotatable bonds is 14. The van der Waals surface area contributed by atoms with Crippen LogP contribution in [-0.4, -0.2) is 185 Å². The van der Waals surface area contributed by atoms with Gasteiger partial charge in [0.2, 0.25) is 0 Å². The largest absolute Gasteiger partial charge is 0.444 e. The normalized spacial score (nSPS) is 20.3. The number of carbonyl (C=O) groups excluding carboxylic acids is 3. The van der Waals surface area contributed by atoms with Crippen molar-refractivity contribution < 1.29 is 74.9 Å². The Kier molecular flexibility index (Phi) is 20.9. The number of hydrogen-bond donors (Lipinski definition) is 11. The van der Waals surface area contributed by atoms with Crippen LogP contribution in [0.2, 0.25) is 0 Å². The van der Waals surface area contributed by atoms with Crippen molar-refractivity contribution in [2.45, 2.75) is 121 Å². The number of likely N-dealkylation sites (tertiary alicyclic amines) is 2. The zero-order valence-corrected chi connectivity index (χ0v) is 29.4. The fourth-order valence-electron chi connectivity index (χ4n) is 4.39. The van der Waals surface area contributed by atoms with Gasteiger partial charge in [-0.3, -0.25) is 0 Å². The molecule has 0 spiro atoms. The summed E-state index contributed by atoms with van der Waals surface area (Å²) in [5.41, 5.74) is 4.54. The fourth-order valence-corrected chi connectivity index (χ4v) is 4.39. The quantitative estimate of drug-likeness (QED) is 0.0793. The number of hydrogen-bond acceptors (Lipinski definition) is 16. The van der Waals surface area contributed by atoms with E-state index in [1.807, 2.05) is 41.5 Å². The van der Waals surface area contributed by atoms with Gasteiger partial charge in [0.25, 0.3) is 0 Å². The van der Waals surface area contributed by atoms with Gasteiger partial charge in [-0.15, -0.1) is 0 Å². The topological polar surface area (TPSA) is 304 Å². The van der Waals surface area contributed by atoms with E-state index in [0.717, 1.165) is 19.5 Å². The second-order valence-corrected chi connectivity index (χ2v) is 14.3. The van der Waals surface area contributed by atoms with Gasteiger partial charge in [-0.05, 0) is 66.8 Å². The molecule has 2 heterocycles. The zero-order valence-electron chi connectivity index (χ0n) is 29.4. The average molecular weight is 716 g/mol. The minimum absolute atomic E-state index is 0.0258. The third-order valence-electron chi connectivity index (χ3n) is 7.41. The van der Waals surface area contributed by atoms with Gasteiger partial charge in [0.05, 0.1) is 19.3 Å². The molecule has 49 heavy (non-hydrogen) atoms. The Bertz CT molecular complexity index is 951. The van der Waals surface area contributed by atoms with Crippen molar-refractivity contribution >= 4 is 18.5 Å². The Morgan fingerprint density at radius 3 is 1.41 bits per heavy atom. The van der Waals surface area contributed by atoms with Gasteiger partial charge in [0.15, 0.2) is 6.29 Å². The molecule has 12 N–H and O–H groups in total. The van der Waals surface area contributed by atoms with E-state index in [0.29, 0.717) is 37.9 Å². The molecule has 0 radical (unpaired) electrons. The number of nitrogens with two attached hydrogens (primary N) is 1. The van der Waals surface area contributed by atoms with Gasteiger partial charge in [-0.25, -0.2) is 9.59 Å². The monoisotopic (exact) mass is 715 g/mol. The maximum Gasteiger partial charge on any atom is 0.410 e. The van der Waals surface area contributed by atoms with Gasteiger partial charge in [0.1, 0.15) is 53.9 Å². The Hall–Kier alpha value is -2.23. The molecule has 8 atom stereocenters. The molecule has 0 aromatic heterocycles. The summed E-state index contributed by atoms with van der Waals surface area (Å²) in [6.45, 7) is 13.0. The summed E-state index contributed by atoms with van der Waals surface area (Å²) < 4.78 is 10.4. The first kappa shape index (κ1) is 46.8. The summed E-state index contributed by atoms with van der Waals surface area (Å²) in [4.78, 5) is 36.4. The van der Waals surface area contributed by atoms with Crippen molar-refractivity contribution in [1.29, 1.82) is 0 Å². The van der Waals surface area contributed by atoms with Crippen molar-refractivity contribution in [2.24, 2.45) is 17.6 Å². The molecule has 18 heteroatoms. The lowest BCUT2D eigenvalue weighted by molar-refractivity contribution is -0.136. The van der Waals surface area contributed by atoms with Gasteiger partial charge in [-0.2, -0.15) is 0 Å². The lowest BCUT2D eigenvalue weighted by Gasteiger charge is -2.40. The lowest BCUT2D eigenvalue weighted by atomic mass is 9.92. The molecule has 2 fully saturated rings. The fraction of sp³-hybridized carbons (Fsp3) is 0.903. The molecule has 2 aliphatic heterocycles. The minimum Gasteiger partial charge on any atom is -0.444 e. The summed E-state index contributed by atoms with van der Waals surface area (Å²) in [6, 6.07) is 0. The number of aldehydes is 1. The van der Waals surface area contributed by atoms with Gasteiger partial charge < -0.3 is 80.9 Å². The highest BCUT2D eigenvalue weighted by atomic mass is 16.6. The van der Waals surface area contributed by atoms with Crippen LogP contribution in [0.1, 0.15) is 60.8 Å². The Morgan fingerprint density at radius 2 is 1.06 bits per heavy atom. The van der Waals surface area contributed by atoms with Gasteiger partial charge in [0, 0.05) is 32.1 Å². The number of aliphatic hydroxyl groups excluding tert-OH is 10. The van der Waals surface area contributed by atoms with Crippen molar-refractivity contribution in [3.8, 4) is 0 Å². The predicted octanol–water partition coefficient (Wildman–Crippen LogP) is -3.11.